The molecule has 0 aliphatic heterocycles. The van der Waals surface area contributed by atoms with E-state index in [1.807, 2.05) is 0 Å². The summed E-state index contributed by atoms with van der Waals surface area (Å²) in [5.41, 5.74) is 2.50. The Balaban J connectivity index is 1.97. The molecule has 1 aliphatic carbocycles. The van der Waals surface area contributed by atoms with E-state index in [4.69, 9.17) is 4.74 Å². The minimum Gasteiger partial charge on any atom is -0.462 e. The standard InChI is InChI=1S/C17H19N3O2S2/c1-3-20(17-19-10-14(24-17)16(21)22-4-2)15-12-8-6-5-7-11(12)13(9-18)23-15/h10H,3-8H2,1-2H3. The zero-order valence-corrected chi connectivity index (χ0v) is 15.4. The van der Waals surface area contributed by atoms with Crippen molar-refractivity contribution < 1.29 is 9.53 Å². The monoisotopic (exact) mass is 361 g/mol. The third kappa shape index (κ3) is 3.04. The summed E-state index contributed by atoms with van der Waals surface area (Å²) in [6.07, 6.45) is 5.87. The summed E-state index contributed by atoms with van der Waals surface area (Å²) >= 11 is 2.89. The van der Waals surface area contributed by atoms with Crippen molar-refractivity contribution in [2.75, 3.05) is 18.1 Å². The van der Waals surface area contributed by atoms with Gasteiger partial charge in [-0.25, -0.2) is 9.78 Å². The van der Waals surface area contributed by atoms with E-state index in [1.54, 1.807) is 24.5 Å². The van der Waals surface area contributed by atoms with Crippen molar-refractivity contribution in [3.63, 3.8) is 0 Å². The first-order chi connectivity index (χ1) is 11.7. The van der Waals surface area contributed by atoms with E-state index in [9.17, 15) is 10.1 Å². The lowest BCUT2D eigenvalue weighted by molar-refractivity contribution is 0.0532. The quantitative estimate of drug-likeness (QED) is 0.743. The second-order valence-corrected chi connectivity index (χ2v) is 7.49. The Bertz CT molecular complexity index is 788. The van der Waals surface area contributed by atoms with Crippen molar-refractivity contribution in [2.24, 2.45) is 0 Å². The molecule has 0 unspecified atom stereocenters. The molecule has 2 aromatic heterocycles. The number of nitriles is 1. The smallest absolute Gasteiger partial charge is 0.350 e. The van der Waals surface area contributed by atoms with Crippen LogP contribution < -0.4 is 4.90 Å². The van der Waals surface area contributed by atoms with Gasteiger partial charge in [-0.15, -0.1) is 11.3 Å². The molecular weight excluding hydrogens is 342 g/mol. The van der Waals surface area contributed by atoms with Crippen LogP contribution in [0, 0.1) is 11.3 Å². The van der Waals surface area contributed by atoms with Gasteiger partial charge in [0.25, 0.3) is 0 Å². The van der Waals surface area contributed by atoms with Crippen LogP contribution in [0.5, 0.6) is 0 Å². The first-order valence-electron chi connectivity index (χ1n) is 8.14. The zero-order valence-electron chi connectivity index (χ0n) is 13.8. The molecule has 0 saturated carbocycles. The predicted octanol–water partition coefficient (Wildman–Crippen LogP) is 4.29. The van der Waals surface area contributed by atoms with Gasteiger partial charge in [0.15, 0.2) is 5.13 Å². The number of rotatable bonds is 5. The predicted molar refractivity (Wildman–Crippen MR) is 96.4 cm³/mol. The molecule has 7 heteroatoms. The van der Waals surface area contributed by atoms with E-state index >= 15 is 0 Å². The SMILES string of the molecule is CCOC(=O)c1cnc(N(CC)c2sc(C#N)c3c2CCCC3)s1. The molecule has 0 N–H and O–H groups in total. The number of hydrogen-bond donors (Lipinski definition) is 0. The normalized spacial score (nSPS) is 13.2. The number of carbonyl (C=O) groups is 1. The highest BCUT2D eigenvalue weighted by atomic mass is 32.1. The van der Waals surface area contributed by atoms with E-state index < -0.39 is 0 Å². The van der Waals surface area contributed by atoms with Gasteiger partial charge in [0.05, 0.1) is 12.8 Å². The van der Waals surface area contributed by atoms with Gasteiger partial charge < -0.3 is 9.64 Å². The van der Waals surface area contributed by atoms with Crippen LogP contribution in [-0.2, 0) is 17.6 Å². The summed E-state index contributed by atoms with van der Waals surface area (Å²) in [6, 6.07) is 2.35. The minimum absolute atomic E-state index is 0.330. The van der Waals surface area contributed by atoms with Crippen molar-refractivity contribution in [1.82, 2.24) is 4.98 Å². The summed E-state index contributed by atoms with van der Waals surface area (Å²) in [7, 11) is 0. The maximum atomic E-state index is 11.9. The number of thiazole rings is 1. The molecule has 0 spiro atoms. The van der Waals surface area contributed by atoms with Gasteiger partial charge in [0.2, 0.25) is 0 Å². The Morgan fingerprint density at radius 1 is 1.33 bits per heavy atom. The number of esters is 1. The molecule has 2 heterocycles. The fraction of sp³-hybridized carbons (Fsp3) is 0.471. The fourth-order valence-electron chi connectivity index (χ4n) is 2.97. The molecule has 0 atom stereocenters. The first kappa shape index (κ1) is 16.9. The summed E-state index contributed by atoms with van der Waals surface area (Å²) in [6.45, 7) is 4.95. The zero-order chi connectivity index (χ0) is 17.1. The van der Waals surface area contributed by atoms with Gasteiger partial charge in [-0.05, 0) is 50.7 Å². The third-order valence-electron chi connectivity index (χ3n) is 4.06. The van der Waals surface area contributed by atoms with Crippen molar-refractivity contribution in [2.45, 2.75) is 39.5 Å². The molecule has 126 valence electrons. The van der Waals surface area contributed by atoms with Crippen LogP contribution in [-0.4, -0.2) is 24.1 Å². The molecule has 0 saturated heterocycles. The number of aromatic nitrogens is 1. The van der Waals surface area contributed by atoms with Crippen LogP contribution in [0.3, 0.4) is 0 Å². The lowest BCUT2D eigenvalue weighted by atomic mass is 9.93. The topological polar surface area (TPSA) is 66.2 Å². The van der Waals surface area contributed by atoms with Crippen molar-refractivity contribution >= 4 is 38.8 Å². The van der Waals surface area contributed by atoms with Gasteiger partial charge in [-0.2, -0.15) is 5.26 Å². The summed E-state index contributed by atoms with van der Waals surface area (Å²) in [5.74, 6) is -0.330. The van der Waals surface area contributed by atoms with E-state index in [0.717, 1.165) is 47.2 Å². The number of anilines is 2. The minimum atomic E-state index is -0.330. The summed E-state index contributed by atoms with van der Waals surface area (Å²) in [4.78, 5) is 19.7. The highest BCUT2D eigenvalue weighted by Gasteiger charge is 2.26. The summed E-state index contributed by atoms with van der Waals surface area (Å²) in [5, 5.41) is 11.3. The molecule has 0 fully saturated rings. The first-order valence-corrected chi connectivity index (χ1v) is 9.78. The molecule has 0 bridgehead atoms. The molecule has 0 aromatic carbocycles. The lowest BCUT2D eigenvalue weighted by Gasteiger charge is -2.21. The van der Waals surface area contributed by atoms with Crippen LogP contribution in [0.2, 0.25) is 0 Å². The second-order valence-electron chi connectivity index (χ2n) is 5.48. The fourth-order valence-corrected chi connectivity index (χ4v) is 5.17. The Morgan fingerprint density at radius 2 is 2.08 bits per heavy atom. The highest BCUT2D eigenvalue weighted by molar-refractivity contribution is 7.19. The van der Waals surface area contributed by atoms with Crippen LogP contribution >= 0.6 is 22.7 Å². The van der Waals surface area contributed by atoms with E-state index in [2.05, 4.69) is 22.9 Å². The molecular formula is C17H19N3O2S2. The van der Waals surface area contributed by atoms with Crippen molar-refractivity contribution in [3.05, 3.63) is 27.1 Å². The Hall–Kier alpha value is -1.91. The van der Waals surface area contributed by atoms with E-state index in [1.165, 1.54) is 22.5 Å². The van der Waals surface area contributed by atoms with Crippen LogP contribution in [0.4, 0.5) is 10.1 Å². The van der Waals surface area contributed by atoms with Crippen molar-refractivity contribution in [1.29, 1.82) is 5.26 Å². The van der Waals surface area contributed by atoms with Crippen LogP contribution in [0.15, 0.2) is 6.20 Å². The van der Waals surface area contributed by atoms with Crippen molar-refractivity contribution in [3.8, 4) is 6.07 Å². The molecule has 0 amide bonds. The largest absolute Gasteiger partial charge is 0.462 e. The van der Waals surface area contributed by atoms with Gasteiger partial charge in [0, 0.05) is 6.54 Å². The average molecular weight is 361 g/mol. The van der Waals surface area contributed by atoms with E-state index in [-0.39, 0.29) is 5.97 Å². The third-order valence-corrected chi connectivity index (χ3v) is 6.27. The number of carbonyl (C=O) groups excluding carboxylic acids is 1. The number of fused-ring (bicyclic) bond motifs is 1. The molecule has 0 radical (unpaired) electrons. The molecule has 5 nitrogen and oxygen atoms in total. The molecule has 1 aliphatic rings. The molecule has 2 aromatic rings. The number of ether oxygens (including phenoxy) is 1. The lowest BCUT2D eigenvalue weighted by Crippen LogP contribution is -2.16. The van der Waals surface area contributed by atoms with Gasteiger partial charge >= 0.3 is 5.97 Å². The number of nitrogens with zero attached hydrogens (tertiary/aromatic N) is 3. The number of thiophene rings is 1. The van der Waals surface area contributed by atoms with Gasteiger partial charge in [0.1, 0.15) is 20.8 Å². The maximum Gasteiger partial charge on any atom is 0.350 e. The highest BCUT2D eigenvalue weighted by Crippen LogP contribution is 2.43. The van der Waals surface area contributed by atoms with Crippen LogP contribution in [0.25, 0.3) is 0 Å². The van der Waals surface area contributed by atoms with E-state index in [0.29, 0.717) is 11.5 Å². The average Bonchev–Trinajstić information content (AvgIpc) is 3.22. The number of hydrogen-bond acceptors (Lipinski definition) is 7. The van der Waals surface area contributed by atoms with Gasteiger partial charge in [-0.3, -0.25) is 0 Å². The second kappa shape index (κ2) is 7.32. The maximum absolute atomic E-state index is 11.9. The summed E-state index contributed by atoms with van der Waals surface area (Å²) < 4.78 is 5.04. The molecule has 24 heavy (non-hydrogen) atoms. The Kier molecular flexibility index (Phi) is 5.17. The Labute approximate surface area is 149 Å². The van der Waals surface area contributed by atoms with Gasteiger partial charge in [-0.1, -0.05) is 11.3 Å². The Morgan fingerprint density at radius 3 is 2.75 bits per heavy atom. The van der Waals surface area contributed by atoms with Crippen LogP contribution in [0.1, 0.15) is 52.4 Å². The molecule has 3 rings (SSSR count).